The predicted octanol–water partition coefficient (Wildman–Crippen LogP) is 2.86. The van der Waals surface area contributed by atoms with Gasteiger partial charge in [0.25, 0.3) is 0 Å². The molecule has 2 unspecified atom stereocenters. The first-order chi connectivity index (χ1) is 7.99. The highest BCUT2D eigenvalue weighted by atomic mass is 32.1. The first-order valence-corrected chi connectivity index (χ1v) is 6.57. The Kier molecular flexibility index (Phi) is 3.38. The average Bonchev–Trinajstić information content (AvgIpc) is 2.57. The van der Waals surface area contributed by atoms with E-state index in [1.807, 2.05) is 6.07 Å². The van der Waals surface area contributed by atoms with Crippen molar-refractivity contribution in [2.24, 2.45) is 11.7 Å². The molecule has 0 aliphatic carbocycles. The molecule has 1 fully saturated rings. The van der Waals surface area contributed by atoms with Gasteiger partial charge < -0.3 is 10.6 Å². The van der Waals surface area contributed by atoms with E-state index >= 15 is 0 Å². The van der Waals surface area contributed by atoms with Crippen molar-refractivity contribution in [1.82, 2.24) is 0 Å². The van der Waals surface area contributed by atoms with Gasteiger partial charge in [0.05, 0.1) is 0 Å². The van der Waals surface area contributed by atoms with E-state index in [0.29, 0.717) is 11.0 Å². The van der Waals surface area contributed by atoms with Crippen molar-refractivity contribution >= 4 is 22.9 Å². The lowest BCUT2D eigenvalue weighted by molar-refractivity contribution is 0.625. The van der Waals surface area contributed by atoms with Gasteiger partial charge in [0.2, 0.25) is 0 Å². The van der Waals surface area contributed by atoms with E-state index in [4.69, 9.17) is 18.0 Å². The van der Waals surface area contributed by atoms with Gasteiger partial charge in [-0.15, -0.1) is 0 Å². The van der Waals surface area contributed by atoms with Crippen molar-refractivity contribution in [2.75, 3.05) is 11.4 Å². The van der Waals surface area contributed by atoms with Crippen LogP contribution in [0.5, 0.6) is 0 Å². The van der Waals surface area contributed by atoms with Crippen molar-refractivity contribution < 1.29 is 0 Å². The Hall–Kier alpha value is -1.09. The van der Waals surface area contributed by atoms with Crippen LogP contribution in [0, 0.1) is 12.8 Å². The second-order valence-corrected chi connectivity index (χ2v) is 5.67. The molecule has 0 saturated carbocycles. The molecule has 17 heavy (non-hydrogen) atoms. The predicted molar refractivity (Wildman–Crippen MR) is 77.7 cm³/mol. The molecule has 2 rings (SSSR count). The highest BCUT2D eigenvalue weighted by Crippen LogP contribution is 2.31. The number of nitrogens with two attached hydrogens (primary N) is 1. The molecule has 2 atom stereocenters. The fourth-order valence-electron chi connectivity index (χ4n) is 2.72. The molecule has 1 aliphatic heterocycles. The Labute approximate surface area is 109 Å². The van der Waals surface area contributed by atoms with E-state index in [2.05, 4.69) is 37.8 Å². The molecule has 1 aromatic rings. The molecular formula is C14H20N2S. The Balaban J connectivity index is 2.43. The quantitative estimate of drug-likeness (QED) is 0.816. The van der Waals surface area contributed by atoms with E-state index in [9.17, 15) is 0 Å². The van der Waals surface area contributed by atoms with E-state index in [1.165, 1.54) is 17.7 Å². The maximum Gasteiger partial charge on any atom is 0.106 e. The fraction of sp³-hybridized carbons (Fsp3) is 0.500. The second-order valence-electron chi connectivity index (χ2n) is 5.23. The van der Waals surface area contributed by atoms with E-state index in [-0.39, 0.29) is 0 Å². The van der Waals surface area contributed by atoms with Gasteiger partial charge in [-0.2, -0.15) is 0 Å². The molecule has 0 bridgehead atoms. The third-order valence-corrected chi connectivity index (χ3v) is 3.73. The summed E-state index contributed by atoms with van der Waals surface area (Å²) in [6, 6.07) is 6.88. The zero-order valence-corrected chi connectivity index (χ0v) is 11.6. The van der Waals surface area contributed by atoms with Gasteiger partial charge in [-0.05, 0) is 43.9 Å². The Morgan fingerprint density at radius 1 is 1.41 bits per heavy atom. The Morgan fingerprint density at radius 2 is 2.12 bits per heavy atom. The largest absolute Gasteiger partial charge is 0.389 e. The number of anilines is 1. The summed E-state index contributed by atoms with van der Waals surface area (Å²) in [7, 11) is 0. The van der Waals surface area contributed by atoms with Gasteiger partial charge in [-0.25, -0.2) is 0 Å². The molecule has 1 aliphatic rings. The smallest absolute Gasteiger partial charge is 0.106 e. The fourth-order valence-corrected chi connectivity index (χ4v) is 2.90. The SMILES string of the molecule is Cc1ccc(C(N)=S)c(N2CC(C)CC2C)c1. The maximum absolute atomic E-state index is 5.82. The lowest BCUT2D eigenvalue weighted by Gasteiger charge is -2.26. The molecule has 1 saturated heterocycles. The van der Waals surface area contributed by atoms with E-state index in [1.54, 1.807) is 0 Å². The molecule has 0 aromatic heterocycles. The molecular weight excluding hydrogens is 228 g/mol. The number of benzene rings is 1. The summed E-state index contributed by atoms with van der Waals surface area (Å²) in [6.45, 7) is 7.78. The van der Waals surface area contributed by atoms with Gasteiger partial charge in [-0.3, -0.25) is 0 Å². The van der Waals surface area contributed by atoms with Crippen molar-refractivity contribution in [3.05, 3.63) is 29.3 Å². The molecule has 2 nitrogen and oxygen atoms in total. The van der Waals surface area contributed by atoms with Gasteiger partial charge in [0.1, 0.15) is 4.99 Å². The van der Waals surface area contributed by atoms with Crippen LogP contribution in [0.25, 0.3) is 0 Å². The minimum Gasteiger partial charge on any atom is -0.389 e. The van der Waals surface area contributed by atoms with E-state index in [0.717, 1.165) is 18.0 Å². The van der Waals surface area contributed by atoms with Crippen LogP contribution in [-0.4, -0.2) is 17.6 Å². The van der Waals surface area contributed by atoms with Crippen LogP contribution in [0.4, 0.5) is 5.69 Å². The third-order valence-electron chi connectivity index (χ3n) is 3.51. The Bertz CT molecular complexity index is 442. The number of rotatable bonds is 2. The zero-order chi connectivity index (χ0) is 12.6. The van der Waals surface area contributed by atoms with Gasteiger partial charge >= 0.3 is 0 Å². The number of thiocarbonyl (C=S) groups is 1. The summed E-state index contributed by atoms with van der Waals surface area (Å²) in [5.41, 5.74) is 9.28. The Morgan fingerprint density at radius 3 is 2.65 bits per heavy atom. The van der Waals surface area contributed by atoms with E-state index < -0.39 is 0 Å². The molecule has 0 radical (unpaired) electrons. The molecule has 92 valence electrons. The van der Waals surface area contributed by atoms with Gasteiger partial charge in [0.15, 0.2) is 0 Å². The lowest BCUT2D eigenvalue weighted by Crippen LogP contribution is -2.29. The highest BCUT2D eigenvalue weighted by molar-refractivity contribution is 7.80. The summed E-state index contributed by atoms with van der Waals surface area (Å²) in [5, 5.41) is 0. The van der Waals surface area contributed by atoms with Crippen LogP contribution in [-0.2, 0) is 0 Å². The molecule has 1 aromatic carbocycles. The van der Waals surface area contributed by atoms with Gasteiger partial charge in [-0.1, -0.05) is 25.2 Å². The summed E-state index contributed by atoms with van der Waals surface area (Å²) in [5.74, 6) is 0.740. The van der Waals surface area contributed by atoms with Crippen LogP contribution in [0.3, 0.4) is 0 Å². The van der Waals surface area contributed by atoms with Crippen molar-refractivity contribution in [1.29, 1.82) is 0 Å². The van der Waals surface area contributed by atoms with Crippen LogP contribution in [0.2, 0.25) is 0 Å². The first-order valence-electron chi connectivity index (χ1n) is 6.16. The molecule has 3 heteroatoms. The first kappa shape index (κ1) is 12.4. The number of hydrogen-bond donors (Lipinski definition) is 1. The van der Waals surface area contributed by atoms with Gasteiger partial charge in [0, 0.05) is 23.8 Å². The van der Waals surface area contributed by atoms with Crippen molar-refractivity contribution in [2.45, 2.75) is 33.2 Å². The number of hydrogen-bond acceptors (Lipinski definition) is 2. The lowest BCUT2D eigenvalue weighted by atomic mass is 10.1. The van der Waals surface area contributed by atoms with Crippen LogP contribution >= 0.6 is 12.2 Å². The summed E-state index contributed by atoms with van der Waals surface area (Å²) < 4.78 is 0. The highest BCUT2D eigenvalue weighted by Gasteiger charge is 2.28. The minimum absolute atomic E-state index is 0.492. The monoisotopic (exact) mass is 248 g/mol. The molecule has 1 heterocycles. The van der Waals surface area contributed by atoms with Crippen LogP contribution in [0.1, 0.15) is 31.4 Å². The number of nitrogens with zero attached hydrogens (tertiary/aromatic N) is 1. The molecule has 0 spiro atoms. The van der Waals surface area contributed by atoms with Crippen LogP contribution < -0.4 is 10.6 Å². The standard InChI is InChI=1S/C14H20N2S/c1-9-4-5-12(14(15)17)13(7-9)16-8-10(2)6-11(16)3/h4-5,7,10-11H,6,8H2,1-3H3,(H2,15,17). The topological polar surface area (TPSA) is 29.3 Å². The zero-order valence-electron chi connectivity index (χ0n) is 10.7. The normalized spacial score (nSPS) is 24.1. The second kappa shape index (κ2) is 4.65. The number of aryl methyl sites for hydroxylation is 1. The van der Waals surface area contributed by atoms with Crippen molar-refractivity contribution in [3.8, 4) is 0 Å². The average molecular weight is 248 g/mol. The van der Waals surface area contributed by atoms with Crippen LogP contribution in [0.15, 0.2) is 18.2 Å². The summed E-state index contributed by atoms with van der Waals surface area (Å²) in [4.78, 5) is 2.93. The summed E-state index contributed by atoms with van der Waals surface area (Å²) >= 11 is 5.15. The summed E-state index contributed by atoms with van der Waals surface area (Å²) in [6.07, 6.45) is 1.24. The maximum atomic E-state index is 5.82. The molecule has 2 N–H and O–H groups in total. The third kappa shape index (κ3) is 2.44. The minimum atomic E-state index is 0.492. The molecule has 0 amide bonds. The van der Waals surface area contributed by atoms with Crippen molar-refractivity contribution in [3.63, 3.8) is 0 Å².